The number of hydrogen-bond acceptors (Lipinski definition) is 2. The Morgan fingerprint density at radius 1 is 1.56 bits per heavy atom. The SMILES string of the molecule is CC(NCCCF)c1cc(Br)cc(Cl)c1O. The van der Waals surface area contributed by atoms with Crippen molar-refractivity contribution in [1.29, 1.82) is 0 Å². The molecule has 0 spiro atoms. The molecule has 0 aromatic heterocycles. The van der Waals surface area contributed by atoms with Crippen molar-refractivity contribution in [1.82, 2.24) is 5.32 Å². The molecule has 0 bridgehead atoms. The van der Waals surface area contributed by atoms with Crippen LogP contribution in [0.25, 0.3) is 0 Å². The van der Waals surface area contributed by atoms with Crippen molar-refractivity contribution in [3.63, 3.8) is 0 Å². The fourth-order valence-corrected chi connectivity index (χ4v) is 2.25. The molecule has 2 nitrogen and oxygen atoms in total. The van der Waals surface area contributed by atoms with Crippen LogP contribution in [0.1, 0.15) is 24.9 Å². The molecule has 90 valence electrons. The fourth-order valence-electron chi connectivity index (χ4n) is 1.41. The highest BCUT2D eigenvalue weighted by atomic mass is 79.9. The van der Waals surface area contributed by atoms with Crippen LogP contribution >= 0.6 is 27.5 Å². The summed E-state index contributed by atoms with van der Waals surface area (Å²) in [7, 11) is 0. The van der Waals surface area contributed by atoms with E-state index in [4.69, 9.17) is 11.6 Å². The smallest absolute Gasteiger partial charge is 0.139 e. The number of hydrogen-bond donors (Lipinski definition) is 2. The third kappa shape index (κ3) is 3.61. The van der Waals surface area contributed by atoms with Gasteiger partial charge in [0.05, 0.1) is 11.7 Å². The standard InChI is InChI=1S/C11H14BrClFNO/c1-7(15-4-2-3-14)9-5-8(12)6-10(13)11(9)16/h5-7,15-16H,2-4H2,1H3. The zero-order valence-electron chi connectivity index (χ0n) is 8.93. The van der Waals surface area contributed by atoms with Gasteiger partial charge in [-0.3, -0.25) is 4.39 Å². The minimum Gasteiger partial charge on any atom is -0.506 e. The molecule has 0 amide bonds. The van der Waals surface area contributed by atoms with Crippen LogP contribution in [0.3, 0.4) is 0 Å². The van der Waals surface area contributed by atoms with Gasteiger partial charge in [0.2, 0.25) is 0 Å². The van der Waals surface area contributed by atoms with Crippen LogP contribution in [0, 0.1) is 0 Å². The molecule has 0 aliphatic rings. The molecule has 1 aromatic carbocycles. The topological polar surface area (TPSA) is 32.3 Å². The van der Waals surface area contributed by atoms with E-state index in [9.17, 15) is 9.50 Å². The van der Waals surface area contributed by atoms with Gasteiger partial charge in [-0.25, -0.2) is 0 Å². The maximum absolute atomic E-state index is 11.9. The number of benzene rings is 1. The second-order valence-corrected chi connectivity index (χ2v) is 4.87. The van der Waals surface area contributed by atoms with Crippen LogP contribution < -0.4 is 5.32 Å². The normalized spacial score (nSPS) is 12.8. The highest BCUT2D eigenvalue weighted by Gasteiger charge is 2.13. The lowest BCUT2D eigenvalue weighted by Crippen LogP contribution is -2.20. The molecule has 0 saturated heterocycles. The van der Waals surface area contributed by atoms with E-state index in [1.54, 1.807) is 12.1 Å². The van der Waals surface area contributed by atoms with Gasteiger partial charge in [0.25, 0.3) is 0 Å². The van der Waals surface area contributed by atoms with Gasteiger partial charge in [0.1, 0.15) is 5.75 Å². The molecule has 1 rings (SSSR count). The van der Waals surface area contributed by atoms with Crippen molar-refractivity contribution in [3.8, 4) is 5.75 Å². The number of aromatic hydroxyl groups is 1. The molecule has 1 atom stereocenters. The molecular formula is C11H14BrClFNO. The van der Waals surface area contributed by atoms with E-state index >= 15 is 0 Å². The number of alkyl halides is 1. The third-order valence-electron chi connectivity index (χ3n) is 2.29. The van der Waals surface area contributed by atoms with Gasteiger partial charge in [-0.2, -0.15) is 0 Å². The van der Waals surface area contributed by atoms with Gasteiger partial charge in [-0.1, -0.05) is 27.5 Å². The molecule has 1 aromatic rings. The van der Waals surface area contributed by atoms with Crippen LogP contribution in [-0.2, 0) is 0 Å². The van der Waals surface area contributed by atoms with Crippen LogP contribution in [0.5, 0.6) is 5.75 Å². The van der Waals surface area contributed by atoms with Gasteiger partial charge in [0, 0.05) is 16.1 Å². The van der Waals surface area contributed by atoms with Crippen LogP contribution in [0.4, 0.5) is 4.39 Å². The van der Waals surface area contributed by atoms with Crippen LogP contribution in [-0.4, -0.2) is 18.3 Å². The van der Waals surface area contributed by atoms with Crippen LogP contribution in [0.15, 0.2) is 16.6 Å². The average molecular weight is 311 g/mol. The summed E-state index contributed by atoms with van der Waals surface area (Å²) in [6, 6.07) is 3.37. The zero-order chi connectivity index (χ0) is 12.1. The average Bonchev–Trinajstić information content (AvgIpc) is 2.23. The molecule has 0 aliphatic carbocycles. The largest absolute Gasteiger partial charge is 0.506 e. The Morgan fingerprint density at radius 2 is 2.25 bits per heavy atom. The van der Waals surface area contributed by atoms with E-state index < -0.39 is 0 Å². The first kappa shape index (κ1) is 13.7. The summed E-state index contributed by atoms with van der Waals surface area (Å²) >= 11 is 9.17. The Hall–Kier alpha value is -0.320. The van der Waals surface area contributed by atoms with Crippen molar-refractivity contribution < 1.29 is 9.50 Å². The molecule has 0 radical (unpaired) electrons. The first-order valence-corrected chi connectivity index (χ1v) is 6.20. The highest BCUT2D eigenvalue weighted by molar-refractivity contribution is 9.10. The van der Waals surface area contributed by atoms with Crippen molar-refractivity contribution in [2.45, 2.75) is 19.4 Å². The maximum Gasteiger partial charge on any atom is 0.139 e. The minimum atomic E-state index is -0.342. The Bertz CT molecular complexity index is 362. The Kier molecular flexibility index (Phi) is 5.52. The predicted octanol–water partition coefficient (Wildman–Crippen LogP) is 3.82. The maximum atomic E-state index is 11.9. The Labute approximate surface area is 108 Å². The number of rotatable bonds is 5. The van der Waals surface area contributed by atoms with E-state index in [2.05, 4.69) is 21.2 Å². The second kappa shape index (κ2) is 6.42. The first-order chi connectivity index (χ1) is 7.56. The number of phenols is 1. The number of halogens is 3. The molecule has 1 unspecified atom stereocenters. The fraction of sp³-hybridized carbons (Fsp3) is 0.455. The summed E-state index contributed by atoms with van der Waals surface area (Å²) in [4.78, 5) is 0. The Morgan fingerprint density at radius 3 is 2.88 bits per heavy atom. The lowest BCUT2D eigenvalue weighted by molar-refractivity contribution is 0.432. The van der Waals surface area contributed by atoms with E-state index in [1.807, 2.05) is 6.92 Å². The van der Waals surface area contributed by atoms with E-state index in [1.165, 1.54) is 0 Å². The zero-order valence-corrected chi connectivity index (χ0v) is 11.3. The summed E-state index contributed by atoms with van der Waals surface area (Å²) in [5.41, 5.74) is 0.707. The minimum absolute atomic E-state index is 0.0680. The lowest BCUT2D eigenvalue weighted by Gasteiger charge is -2.16. The summed E-state index contributed by atoms with van der Waals surface area (Å²) in [6.45, 7) is 2.13. The van der Waals surface area contributed by atoms with Gasteiger partial charge < -0.3 is 10.4 Å². The molecule has 0 saturated carbocycles. The lowest BCUT2D eigenvalue weighted by atomic mass is 10.1. The van der Waals surface area contributed by atoms with Gasteiger partial charge >= 0.3 is 0 Å². The number of nitrogens with one attached hydrogen (secondary N) is 1. The molecule has 16 heavy (non-hydrogen) atoms. The highest BCUT2D eigenvalue weighted by Crippen LogP contribution is 2.34. The molecule has 2 N–H and O–H groups in total. The summed E-state index contributed by atoms with van der Waals surface area (Å²) in [5.74, 6) is 0.0742. The van der Waals surface area contributed by atoms with Crippen molar-refractivity contribution in [2.24, 2.45) is 0 Å². The number of phenolic OH excluding ortho intramolecular Hbond substituents is 1. The monoisotopic (exact) mass is 309 g/mol. The van der Waals surface area contributed by atoms with E-state index in [0.29, 0.717) is 23.6 Å². The molecular weight excluding hydrogens is 296 g/mol. The first-order valence-electron chi connectivity index (χ1n) is 5.03. The quantitative estimate of drug-likeness (QED) is 0.810. The van der Waals surface area contributed by atoms with Gasteiger partial charge in [-0.05, 0) is 32.0 Å². The molecule has 0 fully saturated rings. The van der Waals surface area contributed by atoms with Crippen molar-refractivity contribution >= 4 is 27.5 Å². The second-order valence-electron chi connectivity index (χ2n) is 3.54. The van der Waals surface area contributed by atoms with Gasteiger partial charge in [0.15, 0.2) is 0 Å². The van der Waals surface area contributed by atoms with E-state index in [-0.39, 0.29) is 18.5 Å². The molecule has 0 heterocycles. The summed E-state index contributed by atoms with van der Waals surface area (Å²) < 4.78 is 12.7. The van der Waals surface area contributed by atoms with Crippen molar-refractivity contribution in [3.05, 3.63) is 27.2 Å². The predicted molar refractivity (Wildman–Crippen MR) is 67.8 cm³/mol. The molecule has 0 aliphatic heterocycles. The van der Waals surface area contributed by atoms with Crippen molar-refractivity contribution in [2.75, 3.05) is 13.2 Å². The van der Waals surface area contributed by atoms with E-state index in [0.717, 1.165) is 4.47 Å². The van der Waals surface area contributed by atoms with Crippen LogP contribution in [0.2, 0.25) is 5.02 Å². The summed E-state index contributed by atoms with van der Waals surface area (Å²) in [6.07, 6.45) is 0.465. The molecule has 5 heteroatoms. The third-order valence-corrected chi connectivity index (χ3v) is 3.03. The Balaban J connectivity index is 2.78. The van der Waals surface area contributed by atoms with Gasteiger partial charge in [-0.15, -0.1) is 0 Å². The summed E-state index contributed by atoms with van der Waals surface area (Å²) in [5, 5.41) is 13.2.